The summed E-state index contributed by atoms with van der Waals surface area (Å²) in [6.07, 6.45) is 0. The molecule has 3 N–H and O–H groups in total. The molecule has 1 rings (SSSR count). The van der Waals surface area contributed by atoms with Crippen LogP contribution in [0.1, 0.15) is 6.92 Å². The molecule has 0 fully saturated rings. The molecule has 0 saturated heterocycles. The van der Waals surface area contributed by atoms with Gasteiger partial charge in [0, 0.05) is 6.54 Å². The van der Waals surface area contributed by atoms with Gasteiger partial charge in [-0.05, 0) is 19.1 Å². The van der Waals surface area contributed by atoms with Crippen LogP contribution in [0, 0.1) is 0 Å². The van der Waals surface area contributed by atoms with Crippen molar-refractivity contribution in [3.8, 4) is 5.75 Å². The van der Waals surface area contributed by atoms with Crippen molar-refractivity contribution in [1.29, 1.82) is 0 Å². The van der Waals surface area contributed by atoms with Crippen molar-refractivity contribution in [2.75, 3.05) is 18.9 Å². The Labute approximate surface area is 95.1 Å². The SMILES string of the molecule is C=C(C)CNC(=O)COc1ccccc1N. The third kappa shape index (κ3) is 4.04. The quantitative estimate of drug-likeness (QED) is 0.581. The maximum Gasteiger partial charge on any atom is 0.258 e. The van der Waals surface area contributed by atoms with Crippen molar-refractivity contribution in [2.45, 2.75) is 6.92 Å². The molecule has 4 heteroatoms. The van der Waals surface area contributed by atoms with Crippen LogP contribution in [0.25, 0.3) is 0 Å². The fraction of sp³-hybridized carbons (Fsp3) is 0.250. The van der Waals surface area contributed by atoms with E-state index in [4.69, 9.17) is 10.5 Å². The van der Waals surface area contributed by atoms with Gasteiger partial charge in [-0.1, -0.05) is 24.3 Å². The van der Waals surface area contributed by atoms with Crippen LogP contribution >= 0.6 is 0 Å². The van der Waals surface area contributed by atoms with E-state index in [1.165, 1.54) is 0 Å². The van der Waals surface area contributed by atoms with Gasteiger partial charge in [0.15, 0.2) is 6.61 Å². The summed E-state index contributed by atoms with van der Waals surface area (Å²) in [4.78, 5) is 11.3. The van der Waals surface area contributed by atoms with E-state index in [0.29, 0.717) is 18.0 Å². The highest BCUT2D eigenvalue weighted by Crippen LogP contribution is 2.19. The van der Waals surface area contributed by atoms with Crippen LogP contribution in [0.3, 0.4) is 0 Å². The van der Waals surface area contributed by atoms with Gasteiger partial charge >= 0.3 is 0 Å². The number of anilines is 1. The largest absolute Gasteiger partial charge is 0.482 e. The van der Waals surface area contributed by atoms with Crippen molar-refractivity contribution >= 4 is 11.6 Å². The van der Waals surface area contributed by atoms with Crippen molar-refractivity contribution in [3.63, 3.8) is 0 Å². The number of benzene rings is 1. The van der Waals surface area contributed by atoms with Gasteiger partial charge in [-0.3, -0.25) is 4.79 Å². The lowest BCUT2D eigenvalue weighted by Gasteiger charge is -2.08. The van der Waals surface area contributed by atoms with E-state index in [0.717, 1.165) is 5.57 Å². The lowest BCUT2D eigenvalue weighted by atomic mass is 10.3. The van der Waals surface area contributed by atoms with Crippen molar-refractivity contribution in [2.24, 2.45) is 0 Å². The fourth-order valence-electron chi connectivity index (χ4n) is 1.06. The van der Waals surface area contributed by atoms with Gasteiger partial charge in [0.2, 0.25) is 0 Å². The van der Waals surface area contributed by atoms with E-state index < -0.39 is 0 Å². The number of carbonyl (C=O) groups excluding carboxylic acids is 1. The Bertz CT molecular complexity index is 388. The number of para-hydroxylation sites is 2. The van der Waals surface area contributed by atoms with E-state index in [9.17, 15) is 4.79 Å². The summed E-state index contributed by atoms with van der Waals surface area (Å²) in [7, 11) is 0. The molecule has 16 heavy (non-hydrogen) atoms. The number of hydrogen-bond acceptors (Lipinski definition) is 3. The summed E-state index contributed by atoms with van der Waals surface area (Å²) < 4.78 is 5.26. The summed E-state index contributed by atoms with van der Waals surface area (Å²) >= 11 is 0. The number of rotatable bonds is 5. The van der Waals surface area contributed by atoms with Crippen LogP contribution < -0.4 is 15.8 Å². The molecule has 0 spiro atoms. The molecule has 0 saturated carbocycles. The molecule has 1 amide bonds. The molecule has 86 valence electrons. The van der Waals surface area contributed by atoms with Crippen LogP contribution in [0.5, 0.6) is 5.75 Å². The molecule has 0 heterocycles. The minimum Gasteiger partial charge on any atom is -0.482 e. The number of nitrogens with two attached hydrogens (primary N) is 1. The average Bonchev–Trinajstić information content (AvgIpc) is 2.25. The Kier molecular flexibility index (Phi) is 4.39. The Balaban J connectivity index is 2.37. The standard InChI is InChI=1S/C12H16N2O2/c1-9(2)7-14-12(15)8-16-11-6-4-3-5-10(11)13/h3-6H,1,7-8,13H2,2H3,(H,14,15). The number of nitrogens with one attached hydrogen (secondary N) is 1. The molecule has 0 atom stereocenters. The Morgan fingerprint density at radius 1 is 1.50 bits per heavy atom. The molecule has 1 aromatic carbocycles. The maximum absolute atomic E-state index is 11.3. The van der Waals surface area contributed by atoms with E-state index in [1.54, 1.807) is 18.2 Å². The van der Waals surface area contributed by atoms with Gasteiger partial charge in [0.25, 0.3) is 5.91 Å². The van der Waals surface area contributed by atoms with E-state index in [-0.39, 0.29) is 12.5 Å². The third-order valence-electron chi connectivity index (χ3n) is 1.87. The molecule has 0 aliphatic heterocycles. The van der Waals surface area contributed by atoms with Gasteiger partial charge < -0.3 is 15.8 Å². The molecule has 0 bridgehead atoms. The molecule has 4 nitrogen and oxygen atoms in total. The number of amides is 1. The van der Waals surface area contributed by atoms with Crippen molar-refractivity contribution < 1.29 is 9.53 Å². The number of hydrogen-bond donors (Lipinski definition) is 2. The molecule has 0 radical (unpaired) electrons. The first-order valence-electron chi connectivity index (χ1n) is 4.98. The Morgan fingerprint density at radius 2 is 2.19 bits per heavy atom. The molecule has 0 aliphatic carbocycles. The molecule has 0 aliphatic rings. The first-order valence-corrected chi connectivity index (χ1v) is 4.98. The van der Waals surface area contributed by atoms with Crippen molar-refractivity contribution in [1.82, 2.24) is 5.32 Å². The highest BCUT2D eigenvalue weighted by Gasteiger charge is 2.03. The lowest BCUT2D eigenvalue weighted by molar-refractivity contribution is -0.122. The summed E-state index contributed by atoms with van der Waals surface area (Å²) in [6.45, 7) is 5.95. The smallest absolute Gasteiger partial charge is 0.258 e. The van der Waals surface area contributed by atoms with E-state index in [1.807, 2.05) is 13.0 Å². The third-order valence-corrected chi connectivity index (χ3v) is 1.87. The first-order chi connectivity index (χ1) is 7.59. The van der Waals surface area contributed by atoms with Crippen LogP contribution in [-0.2, 0) is 4.79 Å². The van der Waals surface area contributed by atoms with Gasteiger partial charge in [-0.2, -0.15) is 0 Å². The average molecular weight is 220 g/mol. The zero-order valence-corrected chi connectivity index (χ0v) is 9.32. The van der Waals surface area contributed by atoms with Gasteiger partial charge in [0.1, 0.15) is 5.75 Å². The topological polar surface area (TPSA) is 64.3 Å². The highest BCUT2D eigenvalue weighted by atomic mass is 16.5. The predicted octanol–water partition coefficient (Wildman–Crippen LogP) is 1.34. The normalized spacial score (nSPS) is 9.56. The monoisotopic (exact) mass is 220 g/mol. The van der Waals surface area contributed by atoms with Crippen LogP contribution in [0.4, 0.5) is 5.69 Å². The summed E-state index contributed by atoms with van der Waals surface area (Å²) in [5.74, 6) is 0.333. The number of carbonyl (C=O) groups is 1. The minimum atomic E-state index is -0.189. The van der Waals surface area contributed by atoms with Crippen LogP contribution in [-0.4, -0.2) is 19.1 Å². The van der Waals surface area contributed by atoms with E-state index in [2.05, 4.69) is 11.9 Å². The lowest BCUT2D eigenvalue weighted by Crippen LogP contribution is -2.30. The Hall–Kier alpha value is -1.97. The van der Waals surface area contributed by atoms with Crippen LogP contribution in [0.2, 0.25) is 0 Å². The second kappa shape index (κ2) is 5.80. The molecular formula is C12H16N2O2. The maximum atomic E-state index is 11.3. The van der Waals surface area contributed by atoms with E-state index >= 15 is 0 Å². The van der Waals surface area contributed by atoms with Gasteiger partial charge in [0.05, 0.1) is 5.69 Å². The Morgan fingerprint density at radius 3 is 2.81 bits per heavy atom. The number of ether oxygens (including phenoxy) is 1. The summed E-state index contributed by atoms with van der Waals surface area (Å²) in [6, 6.07) is 7.06. The molecule has 1 aromatic rings. The predicted molar refractivity (Wildman–Crippen MR) is 64.2 cm³/mol. The van der Waals surface area contributed by atoms with Crippen molar-refractivity contribution in [3.05, 3.63) is 36.4 Å². The number of nitrogen functional groups attached to an aromatic ring is 1. The zero-order chi connectivity index (χ0) is 12.0. The molecule has 0 unspecified atom stereocenters. The summed E-state index contributed by atoms with van der Waals surface area (Å²) in [5, 5.41) is 2.67. The molecule has 0 aromatic heterocycles. The van der Waals surface area contributed by atoms with Gasteiger partial charge in [-0.15, -0.1) is 0 Å². The highest BCUT2D eigenvalue weighted by molar-refractivity contribution is 5.78. The zero-order valence-electron chi connectivity index (χ0n) is 9.32. The minimum absolute atomic E-state index is 0.0402. The summed E-state index contributed by atoms with van der Waals surface area (Å²) in [5.41, 5.74) is 7.08. The second-order valence-corrected chi connectivity index (χ2v) is 3.56. The van der Waals surface area contributed by atoms with Crippen LogP contribution in [0.15, 0.2) is 36.4 Å². The first kappa shape index (κ1) is 12.1. The second-order valence-electron chi connectivity index (χ2n) is 3.56. The fourth-order valence-corrected chi connectivity index (χ4v) is 1.06. The molecular weight excluding hydrogens is 204 g/mol. The van der Waals surface area contributed by atoms with Gasteiger partial charge in [-0.25, -0.2) is 0 Å².